The van der Waals surface area contributed by atoms with Crippen molar-refractivity contribution in [2.75, 3.05) is 32.0 Å². The Labute approximate surface area is 182 Å². The smallest absolute Gasteiger partial charge is 0.304 e. The number of nitrogens with one attached hydrogen (secondary N) is 1. The number of rotatable bonds is 9. The number of hydrogen-bond acceptors (Lipinski definition) is 4. The number of likely N-dealkylation sites (N-methyl/N-ethyl adjacent to an activating group) is 1. The van der Waals surface area contributed by atoms with Gasteiger partial charge < -0.3 is 10.2 Å². The molecule has 0 aromatic heterocycles. The summed E-state index contributed by atoms with van der Waals surface area (Å²) in [7, 11) is 0.0790. The zero-order valence-electron chi connectivity index (χ0n) is 17.9. The van der Waals surface area contributed by atoms with E-state index in [1.807, 2.05) is 30.3 Å². The van der Waals surface area contributed by atoms with Crippen LogP contribution < -0.4 is 9.62 Å². The summed E-state index contributed by atoms with van der Waals surface area (Å²) in [5.41, 5.74) is 0.922. The Morgan fingerprint density at radius 2 is 1.61 bits per heavy atom. The van der Waals surface area contributed by atoms with E-state index in [0.29, 0.717) is 0 Å². The SMILES string of the molecule is CNC(=O)[C@H](C)N(Cc1ccccc1)C(=O)CN(c1ccc(F)cc1)S(=O)(=O)N(C)C. The van der Waals surface area contributed by atoms with Crippen molar-refractivity contribution in [2.24, 2.45) is 0 Å². The van der Waals surface area contributed by atoms with Crippen LogP contribution in [0.25, 0.3) is 0 Å². The number of halogens is 1. The van der Waals surface area contributed by atoms with Crippen molar-refractivity contribution in [1.82, 2.24) is 14.5 Å². The molecule has 0 bridgehead atoms. The lowest BCUT2D eigenvalue weighted by atomic mass is 10.1. The Balaban J connectivity index is 2.42. The van der Waals surface area contributed by atoms with Crippen molar-refractivity contribution in [2.45, 2.75) is 19.5 Å². The first-order valence-corrected chi connectivity index (χ1v) is 11.0. The maximum absolute atomic E-state index is 13.4. The van der Waals surface area contributed by atoms with Crippen molar-refractivity contribution in [3.05, 3.63) is 66.0 Å². The Morgan fingerprint density at radius 1 is 1.03 bits per heavy atom. The molecule has 0 aliphatic carbocycles. The number of anilines is 1. The van der Waals surface area contributed by atoms with Gasteiger partial charge in [0, 0.05) is 27.7 Å². The molecule has 0 radical (unpaired) electrons. The van der Waals surface area contributed by atoms with Crippen molar-refractivity contribution < 1.29 is 22.4 Å². The second-order valence-corrected chi connectivity index (χ2v) is 9.14. The molecule has 2 aromatic rings. The highest BCUT2D eigenvalue weighted by Gasteiger charge is 2.32. The number of carbonyl (C=O) groups excluding carboxylic acids is 2. The van der Waals surface area contributed by atoms with Crippen LogP contribution in [0.1, 0.15) is 12.5 Å². The quantitative estimate of drug-likeness (QED) is 0.629. The topological polar surface area (TPSA) is 90.0 Å². The second kappa shape index (κ2) is 10.4. The van der Waals surface area contributed by atoms with Crippen LogP contribution in [0.15, 0.2) is 54.6 Å². The van der Waals surface area contributed by atoms with E-state index in [1.54, 1.807) is 6.92 Å². The molecule has 8 nitrogen and oxygen atoms in total. The first-order valence-electron chi connectivity index (χ1n) is 9.58. The highest BCUT2D eigenvalue weighted by atomic mass is 32.2. The van der Waals surface area contributed by atoms with Crippen LogP contribution in [-0.2, 0) is 26.3 Å². The van der Waals surface area contributed by atoms with Gasteiger partial charge in [-0.15, -0.1) is 0 Å². The third-order valence-electron chi connectivity index (χ3n) is 4.74. The molecule has 0 unspecified atom stereocenters. The Morgan fingerprint density at radius 3 is 2.13 bits per heavy atom. The van der Waals surface area contributed by atoms with Gasteiger partial charge in [-0.05, 0) is 36.8 Å². The first-order chi connectivity index (χ1) is 14.6. The third kappa shape index (κ3) is 6.02. The van der Waals surface area contributed by atoms with Gasteiger partial charge in [0.1, 0.15) is 18.4 Å². The summed E-state index contributed by atoms with van der Waals surface area (Å²) in [5, 5.41) is 2.51. The lowest BCUT2D eigenvalue weighted by Crippen LogP contribution is -2.52. The van der Waals surface area contributed by atoms with Gasteiger partial charge >= 0.3 is 10.2 Å². The van der Waals surface area contributed by atoms with Gasteiger partial charge in [-0.2, -0.15) is 12.7 Å². The fraction of sp³-hybridized carbons (Fsp3) is 0.333. The second-order valence-electron chi connectivity index (χ2n) is 7.07. The minimum Gasteiger partial charge on any atom is -0.357 e. The Bertz CT molecular complexity index is 998. The number of nitrogens with zero attached hydrogens (tertiary/aromatic N) is 3. The first kappa shape index (κ1) is 24.3. The zero-order valence-corrected chi connectivity index (χ0v) is 18.8. The Hall–Kier alpha value is -2.98. The van der Waals surface area contributed by atoms with Crippen molar-refractivity contribution >= 4 is 27.7 Å². The lowest BCUT2D eigenvalue weighted by Gasteiger charge is -2.32. The lowest BCUT2D eigenvalue weighted by molar-refractivity contribution is -0.139. The van der Waals surface area contributed by atoms with Gasteiger partial charge in [-0.25, -0.2) is 8.70 Å². The van der Waals surface area contributed by atoms with E-state index in [9.17, 15) is 22.4 Å². The van der Waals surface area contributed by atoms with E-state index in [0.717, 1.165) is 26.3 Å². The molecule has 0 saturated carbocycles. The van der Waals surface area contributed by atoms with Crippen molar-refractivity contribution in [3.8, 4) is 0 Å². The van der Waals surface area contributed by atoms with Crippen molar-refractivity contribution in [3.63, 3.8) is 0 Å². The normalized spacial score (nSPS) is 12.3. The molecule has 2 amide bonds. The maximum atomic E-state index is 13.4. The highest BCUT2D eigenvalue weighted by molar-refractivity contribution is 7.90. The van der Waals surface area contributed by atoms with Crippen LogP contribution in [0, 0.1) is 5.82 Å². The van der Waals surface area contributed by atoms with Gasteiger partial charge in [0.25, 0.3) is 0 Å². The van der Waals surface area contributed by atoms with E-state index < -0.39 is 34.5 Å². The average molecular weight is 451 g/mol. The summed E-state index contributed by atoms with van der Waals surface area (Å²) in [6.45, 7) is 1.14. The molecule has 0 fully saturated rings. The standard InChI is InChI=1S/C21H27FN4O4S/c1-16(21(28)23-2)25(14-17-8-6-5-7-9-17)20(27)15-26(31(29,30)24(3)4)19-12-10-18(22)11-13-19/h5-13,16H,14-15H2,1-4H3,(H,23,28)/t16-/m0/s1. The van der Waals surface area contributed by atoms with Crippen LogP contribution in [0.3, 0.4) is 0 Å². The van der Waals surface area contributed by atoms with Crippen LogP contribution in [0.4, 0.5) is 10.1 Å². The summed E-state index contributed by atoms with van der Waals surface area (Å²) in [6.07, 6.45) is 0. The molecule has 2 aromatic carbocycles. The van der Waals surface area contributed by atoms with E-state index >= 15 is 0 Å². The third-order valence-corrected chi connectivity index (χ3v) is 6.56. The van der Waals surface area contributed by atoms with Crippen LogP contribution in [0.5, 0.6) is 0 Å². The largest absolute Gasteiger partial charge is 0.357 e. The molecule has 0 saturated heterocycles. The summed E-state index contributed by atoms with van der Waals surface area (Å²) in [4.78, 5) is 26.9. The van der Waals surface area contributed by atoms with E-state index in [-0.39, 0.29) is 18.1 Å². The number of amides is 2. The van der Waals surface area contributed by atoms with E-state index in [1.165, 1.54) is 38.2 Å². The predicted octanol–water partition coefficient (Wildman–Crippen LogP) is 1.60. The molecule has 0 spiro atoms. The number of benzene rings is 2. The molecule has 168 valence electrons. The fourth-order valence-electron chi connectivity index (χ4n) is 2.90. The maximum Gasteiger partial charge on any atom is 0.304 e. The summed E-state index contributed by atoms with van der Waals surface area (Å²) in [6, 6.07) is 13.0. The van der Waals surface area contributed by atoms with Gasteiger partial charge in [0.15, 0.2) is 0 Å². The molecule has 0 heterocycles. The minimum atomic E-state index is -4.06. The molecule has 31 heavy (non-hydrogen) atoms. The molecule has 1 N–H and O–H groups in total. The van der Waals surface area contributed by atoms with Crippen LogP contribution in [-0.4, -0.2) is 63.2 Å². The molecular weight excluding hydrogens is 423 g/mol. The molecule has 0 aliphatic rings. The predicted molar refractivity (Wildman–Crippen MR) is 117 cm³/mol. The molecular formula is C21H27FN4O4S. The van der Waals surface area contributed by atoms with E-state index in [2.05, 4.69) is 5.32 Å². The molecule has 0 aliphatic heterocycles. The van der Waals surface area contributed by atoms with Crippen LogP contribution in [0.2, 0.25) is 0 Å². The van der Waals surface area contributed by atoms with Crippen LogP contribution >= 0.6 is 0 Å². The van der Waals surface area contributed by atoms with Gasteiger partial charge in [-0.3, -0.25) is 9.59 Å². The minimum absolute atomic E-state index is 0.119. The summed E-state index contributed by atoms with van der Waals surface area (Å²) >= 11 is 0. The molecule has 10 heteroatoms. The zero-order chi connectivity index (χ0) is 23.2. The summed E-state index contributed by atoms with van der Waals surface area (Å²) in [5.74, 6) is -1.49. The van der Waals surface area contributed by atoms with Crippen molar-refractivity contribution in [1.29, 1.82) is 0 Å². The molecule has 2 rings (SSSR count). The fourth-order valence-corrected chi connectivity index (χ4v) is 3.95. The van der Waals surface area contributed by atoms with Gasteiger partial charge in [-0.1, -0.05) is 30.3 Å². The number of carbonyl (C=O) groups is 2. The number of hydrogen-bond donors (Lipinski definition) is 1. The summed E-state index contributed by atoms with van der Waals surface area (Å²) < 4.78 is 41.0. The monoisotopic (exact) mass is 450 g/mol. The van der Waals surface area contributed by atoms with Gasteiger partial charge in [0.05, 0.1) is 5.69 Å². The highest BCUT2D eigenvalue weighted by Crippen LogP contribution is 2.21. The Kier molecular flexibility index (Phi) is 8.12. The average Bonchev–Trinajstić information content (AvgIpc) is 2.75. The molecule has 1 atom stereocenters. The van der Waals surface area contributed by atoms with E-state index in [4.69, 9.17) is 0 Å². The van der Waals surface area contributed by atoms with Gasteiger partial charge in [0.2, 0.25) is 11.8 Å².